The quantitative estimate of drug-likeness (QED) is 0.913. The Balaban J connectivity index is 2.17. The molecular weight excluding hydrogens is 241 g/mol. The number of nitrogens with zero attached hydrogens (tertiary/aromatic N) is 2. The maximum atomic E-state index is 12.8. The summed E-state index contributed by atoms with van der Waals surface area (Å²) >= 11 is 6.01. The molecule has 17 heavy (non-hydrogen) atoms. The Labute approximate surface area is 104 Å². The summed E-state index contributed by atoms with van der Waals surface area (Å²) in [6.07, 6.45) is 2.17. The molecule has 1 atom stereocenters. The van der Waals surface area contributed by atoms with Crippen LogP contribution in [0.15, 0.2) is 30.5 Å². The summed E-state index contributed by atoms with van der Waals surface area (Å²) in [4.78, 5) is 0. The molecule has 1 heterocycles. The smallest absolute Gasteiger partial charge is 0.123 e. The molecule has 5 heteroatoms. The zero-order valence-corrected chi connectivity index (χ0v) is 10.2. The van der Waals surface area contributed by atoms with Gasteiger partial charge in [0, 0.05) is 7.05 Å². The number of aromatic nitrogens is 2. The molecule has 0 aliphatic heterocycles. The molecule has 0 fully saturated rings. The van der Waals surface area contributed by atoms with Crippen molar-refractivity contribution < 1.29 is 4.39 Å². The van der Waals surface area contributed by atoms with Crippen LogP contribution in [0.4, 0.5) is 4.39 Å². The van der Waals surface area contributed by atoms with Crippen LogP contribution in [0.2, 0.25) is 5.02 Å². The molecule has 0 radical (unpaired) electrons. The molecule has 0 spiro atoms. The normalized spacial score (nSPS) is 12.7. The van der Waals surface area contributed by atoms with E-state index >= 15 is 0 Å². The van der Waals surface area contributed by atoms with E-state index in [1.807, 2.05) is 0 Å². The number of benzene rings is 1. The van der Waals surface area contributed by atoms with Crippen molar-refractivity contribution in [3.8, 4) is 0 Å². The average Bonchev–Trinajstić information content (AvgIpc) is 2.62. The Bertz CT molecular complexity index is 487. The van der Waals surface area contributed by atoms with Crippen LogP contribution in [0, 0.1) is 5.82 Å². The van der Waals surface area contributed by atoms with Crippen LogP contribution in [0.25, 0.3) is 0 Å². The Morgan fingerprint density at radius 1 is 1.41 bits per heavy atom. The van der Waals surface area contributed by atoms with Gasteiger partial charge in [-0.15, -0.1) is 0 Å². The Kier molecular flexibility index (Phi) is 3.45. The van der Waals surface area contributed by atoms with Gasteiger partial charge in [-0.1, -0.05) is 23.7 Å². The lowest BCUT2D eigenvalue weighted by molar-refractivity contribution is 0.611. The van der Waals surface area contributed by atoms with Gasteiger partial charge in [-0.3, -0.25) is 4.68 Å². The lowest BCUT2D eigenvalue weighted by Gasteiger charge is -2.12. The molecule has 0 saturated heterocycles. The minimum Gasteiger partial charge on any atom is -0.322 e. The van der Waals surface area contributed by atoms with Gasteiger partial charge in [-0.05, 0) is 24.1 Å². The van der Waals surface area contributed by atoms with Crippen molar-refractivity contribution in [3.63, 3.8) is 0 Å². The first kappa shape index (κ1) is 12.1. The molecule has 2 N–H and O–H groups in total. The number of nitrogens with two attached hydrogens (primary N) is 1. The molecule has 0 amide bonds. The van der Waals surface area contributed by atoms with Crippen LogP contribution < -0.4 is 5.73 Å². The van der Waals surface area contributed by atoms with Gasteiger partial charge in [0.2, 0.25) is 0 Å². The van der Waals surface area contributed by atoms with Gasteiger partial charge < -0.3 is 5.73 Å². The molecule has 0 aliphatic rings. The van der Waals surface area contributed by atoms with Crippen molar-refractivity contribution in [3.05, 3.63) is 52.6 Å². The van der Waals surface area contributed by atoms with Gasteiger partial charge in [0.15, 0.2) is 0 Å². The fraction of sp³-hybridized carbons (Fsp3) is 0.250. The Morgan fingerprint density at radius 3 is 2.59 bits per heavy atom. The first-order chi connectivity index (χ1) is 8.08. The highest BCUT2D eigenvalue weighted by atomic mass is 35.5. The van der Waals surface area contributed by atoms with E-state index in [1.165, 1.54) is 12.1 Å². The van der Waals surface area contributed by atoms with Gasteiger partial charge >= 0.3 is 0 Å². The molecule has 1 unspecified atom stereocenters. The van der Waals surface area contributed by atoms with Gasteiger partial charge in [-0.2, -0.15) is 5.10 Å². The molecule has 1 aromatic heterocycles. The molecule has 0 bridgehead atoms. The third-order valence-electron chi connectivity index (χ3n) is 2.66. The zero-order valence-electron chi connectivity index (χ0n) is 9.40. The van der Waals surface area contributed by atoms with Crippen LogP contribution in [0.5, 0.6) is 0 Å². The second-order valence-corrected chi connectivity index (χ2v) is 4.35. The first-order valence-electron chi connectivity index (χ1n) is 5.25. The predicted octanol–water partition coefficient (Wildman–Crippen LogP) is 2.46. The minimum atomic E-state index is -0.250. The number of halogens is 2. The topological polar surface area (TPSA) is 43.8 Å². The summed E-state index contributed by atoms with van der Waals surface area (Å²) in [5, 5.41) is 4.60. The molecule has 1 aromatic carbocycles. The second-order valence-electron chi connectivity index (χ2n) is 3.94. The summed E-state index contributed by atoms with van der Waals surface area (Å²) < 4.78 is 14.4. The summed E-state index contributed by atoms with van der Waals surface area (Å²) in [6.45, 7) is 0. The predicted molar refractivity (Wildman–Crippen MR) is 65.3 cm³/mol. The average molecular weight is 254 g/mol. The van der Waals surface area contributed by atoms with E-state index in [0.29, 0.717) is 11.4 Å². The standard InChI is InChI=1S/C12H13ClFN3/c1-17-12(10(13)7-16-17)11(15)6-8-2-4-9(14)5-3-8/h2-5,7,11H,6,15H2,1H3. The van der Waals surface area contributed by atoms with Gasteiger partial charge in [0.05, 0.1) is 23.0 Å². The molecule has 90 valence electrons. The minimum absolute atomic E-state index is 0.249. The second kappa shape index (κ2) is 4.85. The molecule has 2 aromatic rings. The van der Waals surface area contributed by atoms with E-state index in [4.69, 9.17) is 17.3 Å². The molecular formula is C12H13ClFN3. The van der Waals surface area contributed by atoms with E-state index in [1.54, 1.807) is 30.1 Å². The lowest BCUT2D eigenvalue weighted by Crippen LogP contribution is -2.17. The van der Waals surface area contributed by atoms with Crippen molar-refractivity contribution in [1.29, 1.82) is 0 Å². The lowest BCUT2D eigenvalue weighted by atomic mass is 10.0. The van der Waals surface area contributed by atoms with Gasteiger partial charge in [0.1, 0.15) is 5.82 Å². The monoisotopic (exact) mass is 253 g/mol. The summed E-state index contributed by atoms with van der Waals surface area (Å²) in [6, 6.07) is 6.04. The van der Waals surface area contributed by atoms with E-state index in [-0.39, 0.29) is 11.9 Å². The molecule has 3 nitrogen and oxygen atoms in total. The van der Waals surface area contributed by atoms with Crippen LogP contribution in [0.3, 0.4) is 0 Å². The molecule has 2 rings (SSSR count). The first-order valence-corrected chi connectivity index (χ1v) is 5.63. The van der Waals surface area contributed by atoms with Crippen LogP contribution in [0.1, 0.15) is 17.3 Å². The summed E-state index contributed by atoms with van der Waals surface area (Å²) in [5.74, 6) is -0.249. The fourth-order valence-electron chi connectivity index (χ4n) is 1.81. The third kappa shape index (κ3) is 2.65. The third-order valence-corrected chi connectivity index (χ3v) is 2.95. The largest absolute Gasteiger partial charge is 0.322 e. The van der Waals surface area contributed by atoms with Gasteiger partial charge in [-0.25, -0.2) is 4.39 Å². The maximum absolute atomic E-state index is 12.8. The molecule has 0 saturated carbocycles. The van der Waals surface area contributed by atoms with Crippen LogP contribution in [-0.4, -0.2) is 9.78 Å². The summed E-state index contributed by atoms with van der Waals surface area (Å²) in [7, 11) is 1.80. The Morgan fingerprint density at radius 2 is 2.06 bits per heavy atom. The number of rotatable bonds is 3. The van der Waals surface area contributed by atoms with E-state index in [2.05, 4.69) is 5.10 Å². The highest BCUT2D eigenvalue weighted by Gasteiger charge is 2.15. The molecule has 0 aliphatic carbocycles. The van der Waals surface area contributed by atoms with Crippen LogP contribution in [-0.2, 0) is 13.5 Å². The number of hydrogen-bond acceptors (Lipinski definition) is 2. The van der Waals surface area contributed by atoms with Crippen molar-refractivity contribution in [2.75, 3.05) is 0 Å². The zero-order chi connectivity index (χ0) is 12.4. The highest BCUT2D eigenvalue weighted by Crippen LogP contribution is 2.23. The van der Waals surface area contributed by atoms with Crippen molar-refractivity contribution in [2.24, 2.45) is 12.8 Å². The highest BCUT2D eigenvalue weighted by molar-refractivity contribution is 6.31. The van der Waals surface area contributed by atoms with E-state index in [0.717, 1.165) is 11.3 Å². The van der Waals surface area contributed by atoms with Crippen molar-refractivity contribution in [1.82, 2.24) is 9.78 Å². The number of hydrogen-bond donors (Lipinski definition) is 1. The fourth-order valence-corrected chi connectivity index (χ4v) is 2.11. The van der Waals surface area contributed by atoms with E-state index in [9.17, 15) is 4.39 Å². The van der Waals surface area contributed by atoms with Gasteiger partial charge in [0.25, 0.3) is 0 Å². The maximum Gasteiger partial charge on any atom is 0.123 e. The SMILES string of the molecule is Cn1ncc(Cl)c1C(N)Cc1ccc(F)cc1. The van der Waals surface area contributed by atoms with E-state index < -0.39 is 0 Å². The number of aryl methyl sites for hydroxylation is 1. The summed E-state index contributed by atoms with van der Waals surface area (Å²) in [5.41, 5.74) is 7.83. The van der Waals surface area contributed by atoms with Crippen LogP contribution >= 0.6 is 11.6 Å². The Hall–Kier alpha value is -1.39. The van der Waals surface area contributed by atoms with Crippen molar-refractivity contribution >= 4 is 11.6 Å². The van der Waals surface area contributed by atoms with Crippen molar-refractivity contribution in [2.45, 2.75) is 12.5 Å².